The van der Waals surface area contributed by atoms with Crippen LogP contribution in [0.25, 0.3) is 11.0 Å². The Morgan fingerprint density at radius 2 is 2.10 bits per heavy atom. The number of nitrogens with zero attached hydrogens (tertiary/aromatic N) is 1. The number of aromatic amines is 1. The van der Waals surface area contributed by atoms with Gasteiger partial charge in [0.1, 0.15) is 5.75 Å². The third kappa shape index (κ3) is 2.49. The zero-order valence-corrected chi connectivity index (χ0v) is 13.0. The molecule has 0 aliphatic heterocycles. The Hall–Kier alpha value is -1.29. The Kier molecular flexibility index (Phi) is 3.83. The van der Waals surface area contributed by atoms with Crippen molar-refractivity contribution in [1.82, 2.24) is 9.55 Å². The first-order chi connectivity index (χ1) is 9.69. The van der Waals surface area contributed by atoms with Gasteiger partial charge in [-0.2, -0.15) is 0 Å². The molecule has 3 nitrogen and oxygen atoms in total. The van der Waals surface area contributed by atoms with E-state index in [1.165, 1.54) is 37.6 Å². The Labute approximate surface area is 125 Å². The fourth-order valence-electron chi connectivity index (χ4n) is 3.32. The molecule has 0 amide bonds. The van der Waals surface area contributed by atoms with Crippen molar-refractivity contribution in [2.75, 3.05) is 7.11 Å². The highest BCUT2D eigenvalue weighted by Crippen LogP contribution is 2.33. The molecule has 1 aromatic carbocycles. The van der Waals surface area contributed by atoms with Crippen LogP contribution in [-0.2, 0) is 0 Å². The van der Waals surface area contributed by atoms with E-state index in [1.54, 1.807) is 7.11 Å². The number of ether oxygens (including phenoxy) is 1. The van der Waals surface area contributed by atoms with Gasteiger partial charge < -0.3 is 14.3 Å². The normalized spacial score (nSPS) is 23.7. The summed E-state index contributed by atoms with van der Waals surface area (Å²) in [6.45, 7) is 2.36. The molecule has 0 spiro atoms. The number of imidazole rings is 1. The molecule has 1 aliphatic carbocycles. The Bertz CT molecular complexity index is 658. The molecule has 1 fully saturated rings. The lowest BCUT2D eigenvalue weighted by Crippen LogP contribution is -2.08. The highest BCUT2D eigenvalue weighted by Gasteiger charge is 2.20. The summed E-state index contributed by atoms with van der Waals surface area (Å²) >= 11 is 5.55. The van der Waals surface area contributed by atoms with E-state index in [0.717, 1.165) is 22.0 Å². The average molecular weight is 290 g/mol. The maximum Gasteiger partial charge on any atom is 0.178 e. The second kappa shape index (κ2) is 5.60. The third-order valence-corrected chi connectivity index (χ3v) is 4.82. The monoisotopic (exact) mass is 290 g/mol. The highest BCUT2D eigenvalue weighted by molar-refractivity contribution is 7.71. The topological polar surface area (TPSA) is 29.9 Å². The number of nitrogens with one attached hydrogen (secondary N) is 1. The largest absolute Gasteiger partial charge is 0.497 e. The van der Waals surface area contributed by atoms with Crippen LogP contribution in [-0.4, -0.2) is 16.7 Å². The molecule has 0 radical (unpaired) electrons. The molecule has 1 heterocycles. The van der Waals surface area contributed by atoms with Crippen LogP contribution in [0.5, 0.6) is 5.75 Å². The average Bonchev–Trinajstić information content (AvgIpc) is 2.61. The summed E-state index contributed by atoms with van der Waals surface area (Å²) in [5, 5.41) is 0. The molecule has 108 valence electrons. The SMILES string of the molecule is COc1ccc2[nH]c(=S)n(C3CCCC(C)CC3)c2c1. The van der Waals surface area contributed by atoms with E-state index in [0.29, 0.717) is 6.04 Å². The zero-order valence-electron chi connectivity index (χ0n) is 12.2. The van der Waals surface area contributed by atoms with Crippen LogP contribution >= 0.6 is 12.2 Å². The summed E-state index contributed by atoms with van der Waals surface area (Å²) in [5.41, 5.74) is 2.28. The standard InChI is InChI=1S/C16H22N2OS/c1-11-4-3-5-12(7-6-11)18-15-10-13(19-2)8-9-14(15)17-16(18)20/h8-12H,3-7H2,1-2H3,(H,17,20). The fourth-order valence-corrected chi connectivity index (χ4v) is 3.67. The third-order valence-electron chi connectivity index (χ3n) is 4.52. The molecule has 2 atom stereocenters. The Morgan fingerprint density at radius 3 is 2.90 bits per heavy atom. The molecule has 2 unspecified atom stereocenters. The van der Waals surface area contributed by atoms with Crippen LogP contribution in [0.15, 0.2) is 18.2 Å². The molecule has 0 saturated heterocycles. The van der Waals surface area contributed by atoms with E-state index < -0.39 is 0 Å². The molecule has 1 N–H and O–H groups in total. The van der Waals surface area contributed by atoms with E-state index >= 15 is 0 Å². The molecular formula is C16H22N2OS. The van der Waals surface area contributed by atoms with Crippen LogP contribution in [0.4, 0.5) is 0 Å². The van der Waals surface area contributed by atoms with Gasteiger partial charge in [0.2, 0.25) is 0 Å². The zero-order chi connectivity index (χ0) is 14.1. The number of hydrogen-bond acceptors (Lipinski definition) is 2. The summed E-state index contributed by atoms with van der Waals surface area (Å²) in [4.78, 5) is 3.33. The van der Waals surface area contributed by atoms with Gasteiger partial charge in [0.25, 0.3) is 0 Å². The van der Waals surface area contributed by atoms with Gasteiger partial charge in [0.15, 0.2) is 4.77 Å². The summed E-state index contributed by atoms with van der Waals surface area (Å²) in [6.07, 6.45) is 6.38. The van der Waals surface area contributed by atoms with Crippen LogP contribution in [0, 0.1) is 10.7 Å². The summed E-state index contributed by atoms with van der Waals surface area (Å²) in [6, 6.07) is 6.65. The molecule has 20 heavy (non-hydrogen) atoms. The van der Waals surface area contributed by atoms with Crippen molar-refractivity contribution in [3.8, 4) is 5.75 Å². The van der Waals surface area contributed by atoms with Crippen molar-refractivity contribution in [2.45, 2.75) is 45.1 Å². The number of H-pyrrole nitrogens is 1. The highest BCUT2D eigenvalue weighted by atomic mass is 32.1. The van der Waals surface area contributed by atoms with E-state index in [9.17, 15) is 0 Å². The lowest BCUT2D eigenvalue weighted by molar-refractivity contribution is 0.413. The minimum Gasteiger partial charge on any atom is -0.497 e. The molecule has 1 aromatic heterocycles. The van der Waals surface area contributed by atoms with Crippen molar-refractivity contribution >= 4 is 23.3 Å². The Balaban J connectivity index is 2.05. The maximum atomic E-state index is 5.55. The molecule has 1 aliphatic rings. The molecular weight excluding hydrogens is 268 g/mol. The molecule has 1 saturated carbocycles. The number of aromatic nitrogens is 2. The summed E-state index contributed by atoms with van der Waals surface area (Å²) in [5.74, 6) is 1.73. The van der Waals surface area contributed by atoms with Crippen molar-refractivity contribution < 1.29 is 4.74 Å². The molecule has 0 bridgehead atoms. The second-order valence-electron chi connectivity index (χ2n) is 5.95. The molecule has 4 heteroatoms. The van der Waals surface area contributed by atoms with Gasteiger partial charge in [0.05, 0.1) is 18.1 Å². The van der Waals surface area contributed by atoms with E-state index in [1.807, 2.05) is 6.07 Å². The Morgan fingerprint density at radius 1 is 1.25 bits per heavy atom. The quantitative estimate of drug-likeness (QED) is 0.633. The number of rotatable bonds is 2. The smallest absolute Gasteiger partial charge is 0.178 e. The van der Waals surface area contributed by atoms with Crippen LogP contribution in [0.1, 0.15) is 45.1 Å². The van der Waals surface area contributed by atoms with Gasteiger partial charge in [-0.1, -0.05) is 19.8 Å². The number of hydrogen-bond donors (Lipinski definition) is 1. The van der Waals surface area contributed by atoms with Gasteiger partial charge in [0, 0.05) is 12.1 Å². The number of benzene rings is 1. The first kappa shape index (κ1) is 13.7. The minimum absolute atomic E-state index is 0.522. The second-order valence-corrected chi connectivity index (χ2v) is 6.34. The van der Waals surface area contributed by atoms with Crippen LogP contribution < -0.4 is 4.74 Å². The van der Waals surface area contributed by atoms with Crippen molar-refractivity contribution in [2.24, 2.45) is 5.92 Å². The van der Waals surface area contributed by atoms with Gasteiger partial charge in [-0.25, -0.2) is 0 Å². The van der Waals surface area contributed by atoms with E-state index in [2.05, 4.69) is 28.6 Å². The van der Waals surface area contributed by atoms with Gasteiger partial charge in [-0.15, -0.1) is 0 Å². The predicted octanol–water partition coefficient (Wildman–Crippen LogP) is 4.85. The van der Waals surface area contributed by atoms with Crippen LogP contribution in [0.2, 0.25) is 0 Å². The van der Waals surface area contributed by atoms with E-state index in [-0.39, 0.29) is 0 Å². The summed E-state index contributed by atoms with van der Waals surface area (Å²) < 4.78 is 8.51. The summed E-state index contributed by atoms with van der Waals surface area (Å²) in [7, 11) is 1.71. The number of fused-ring (bicyclic) bond motifs is 1. The lowest BCUT2D eigenvalue weighted by atomic mass is 10.0. The number of methoxy groups -OCH3 is 1. The lowest BCUT2D eigenvalue weighted by Gasteiger charge is -2.17. The minimum atomic E-state index is 0.522. The fraction of sp³-hybridized carbons (Fsp3) is 0.562. The van der Waals surface area contributed by atoms with Crippen molar-refractivity contribution in [3.63, 3.8) is 0 Å². The van der Waals surface area contributed by atoms with Gasteiger partial charge in [-0.05, 0) is 49.5 Å². The first-order valence-electron chi connectivity index (χ1n) is 7.47. The molecule has 3 rings (SSSR count). The van der Waals surface area contributed by atoms with E-state index in [4.69, 9.17) is 17.0 Å². The van der Waals surface area contributed by atoms with Crippen LogP contribution in [0.3, 0.4) is 0 Å². The first-order valence-corrected chi connectivity index (χ1v) is 7.88. The predicted molar refractivity (Wildman–Crippen MR) is 85.0 cm³/mol. The van der Waals surface area contributed by atoms with Gasteiger partial charge in [-0.3, -0.25) is 0 Å². The molecule has 2 aromatic rings. The van der Waals surface area contributed by atoms with Crippen molar-refractivity contribution in [1.29, 1.82) is 0 Å². The van der Waals surface area contributed by atoms with Crippen molar-refractivity contribution in [3.05, 3.63) is 23.0 Å². The maximum absolute atomic E-state index is 5.55. The van der Waals surface area contributed by atoms with Gasteiger partial charge >= 0.3 is 0 Å².